The van der Waals surface area contributed by atoms with Crippen LogP contribution in [0.15, 0.2) is 53.9 Å². The molecule has 3 aromatic heterocycles. The molecule has 1 unspecified atom stereocenters. The molecular weight excluding hydrogens is 422 g/mol. The molecule has 0 radical (unpaired) electrons. The van der Waals surface area contributed by atoms with Crippen molar-refractivity contribution in [3.63, 3.8) is 0 Å². The lowest BCUT2D eigenvalue weighted by Crippen LogP contribution is -2.35. The Morgan fingerprint density at radius 2 is 2.09 bits per heavy atom. The Morgan fingerprint density at radius 1 is 1.30 bits per heavy atom. The van der Waals surface area contributed by atoms with Crippen molar-refractivity contribution >= 4 is 28.5 Å². The van der Waals surface area contributed by atoms with Gasteiger partial charge in [0.15, 0.2) is 0 Å². The molecule has 3 heterocycles. The zero-order valence-corrected chi connectivity index (χ0v) is 18.8. The second-order valence-corrected chi connectivity index (χ2v) is 7.24. The SMILES string of the molecule is CN/C=C(\C=N)c1ccc(=N)n(C(=N)C(C)n2ccc3ncc(OCCOC)cc3c2=O)c1. The van der Waals surface area contributed by atoms with E-state index in [1.807, 2.05) is 0 Å². The zero-order valence-electron chi connectivity index (χ0n) is 18.8. The third kappa shape index (κ3) is 5.07. The highest BCUT2D eigenvalue weighted by molar-refractivity contribution is 6.08. The summed E-state index contributed by atoms with van der Waals surface area (Å²) < 4.78 is 13.4. The number of aromatic nitrogens is 3. The van der Waals surface area contributed by atoms with Crippen LogP contribution in [0.1, 0.15) is 18.5 Å². The van der Waals surface area contributed by atoms with Gasteiger partial charge in [-0.1, -0.05) is 0 Å². The number of fused-ring (bicyclic) bond motifs is 1. The summed E-state index contributed by atoms with van der Waals surface area (Å²) in [5, 5.41) is 27.8. The first-order chi connectivity index (χ1) is 15.9. The maximum atomic E-state index is 13.2. The first-order valence-electron chi connectivity index (χ1n) is 10.3. The number of pyridine rings is 3. The maximum Gasteiger partial charge on any atom is 0.260 e. The molecule has 0 aliphatic rings. The van der Waals surface area contributed by atoms with Gasteiger partial charge in [-0.05, 0) is 31.2 Å². The minimum absolute atomic E-state index is 0.0394. The molecule has 0 spiro atoms. The molecule has 1 atom stereocenters. The van der Waals surface area contributed by atoms with Crippen molar-refractivity contribution in [3.8, 4) is 5.75 Å². The van der Waals surface area contributed by atoms with E-state index in [0.717, 1.165) is 0 Å². The molecule has 0 aliphatic carbocycles. The summed E-state index contributed by atoms with van der Waals surface area (Å²) in [5.74, 6) is 0.501. The standard InChI is InChI=1S/C23H27N7O3/c1-15(22(26)30-14-16(4-5-21(30)25)17(11-24)12-27-2)29-7-6-20-19(23(29)31)10-18(13-28-20)33-9-8-32-3/h4-7,10-15,24-27H,8-9H2,1-3H3/b17-12+,24-11?,25-21?,26-22?. The van der Waals surface area contributed by atoms with Crippen LogP contribution in [0, 0.1) is 16.2 Å². The van der Waals surface area contributed by atoms with Crippen molar-refractivity contribution in [2.45, 2.75) is 13.0 Å². The van der Waals surface area contributed by atoms with E-state index in [0.29, 0.717) is 41.0 Å². The van der Waals surface area contributed by atoms with Gasteiger partial charge in [-0.2, -0.15) is 0 Å². The summed E-state index contributed by atoms with van der Waals surface area (Å²) in [6.45, 7) is 2.48. The predicted molar refractivity (Wildman–Crippen MR) is 127 cm³/mol. The third-order valence-corrected chi connectivity index (χ3v) is 5.12. The number of ether oxygens (including phenoxy) is 2. The van der Waals surface area contributed by atoms with Crippen LogP contribution in [0.5, 0.6) is 5.75 Å². The molecule has 3 rings (SSSR count). The molecule has 0 saturated carbocycles. The van der Waals surface area contributed by atoms with Gasteiger partial charge in [-0.25, -0.2) is 0 Å². The molecule has 0 saturated heterocycles. The molecule has 172 valence electrons. The van der Waals surface area contributed by atoms with Crippen molar-refractivity contribution in [1.82, 2.24) is 19.4 Å². The van der Waals surface area contributed by atoms with Gasteiger partial charge in [0.05, 0.1) is 29.7 Å². The fourth-order valence-corrected chi connectivity index (χ4v) is 3.31. The number of allylic oxidation sites excluding steroid dienone is 1. The average Bonchev–Trinajstić information content (AvgIpc) is 2.83. The van der Waals surface area contributed by atoms with E-state index in [2.05, 4.69) is 10.3 Å². The monoisotopic (exact) mass is 449 g/mol. The Bertz CT molecular complexity index is 1320. The van der Waals surface area contributed by atoms with Crippen LogP contribution in [0.4, 0.5) is 0 Å². The molecule has 10 nitrogen and oxygen atoms in total. The highest BCUT2D eigenvalue weighted by Gasteiger charge is 2.17. The van der Waals surface area contributed by atoms with Gasteiger partial charge in [0.25, 0.3) is 5.56 Å². The zero-order chi connectivity index (χ0) is 24.0. The lowest BCUT2D eigenvalue weighted by molar-refractivity contribution is 0.146. The van der Waals surface area contributed by atoms with Gasteiger partial charge in [-0.15, -0.1) is 0 Å². The van der Waals surface area contributed by atoms with Crippen molar-refractivity contribution in [2.75, 3.05) is 27.4 Å². The van der Waals surface area contributed by atoms with Crippen LogP contribution in [0.2, 0.25) is 0 Å². The summed E-state index contributed by atoms with van der Waals surface area (Å²) in [5.41, 5.74) is 1.57. The van der Waals surface area contributed by atoms with E-state index >= 15 is 0 Å². The van der Waals surface area contributed by atoms with E-state index in [1.165, 1.54) is 15.3 Å². The normalized spacial score (nSPS) is 12.4. The topological polar surface area (TPSA) is 142 Å². The van der Waals surface area contributed by atoms with E-state index in [9.17, 15) is 4.79 Å². The molecule has 10 heteroatoms. The van der Waals surface area contributed by atoms with Gasteiger partial charge >= 0.3 is 0 Å². The summed E-state index contributed by atoms with van der Waals surface area (Å²) in [4.78, 5) is 17.5. The van der Waals surface area contributed by atoms with Crippen LogP contribution in [0.25, 0.3) is 16.5 Å². The lowest BCUT2D eigenvalue weighted by Gasteiger charge is -2.19. The van der Waals surface area contributed by atoms with E-state index < -0.39 is 6.04 Å². The molecule has 0 aromatic carbocycles. The third-order valence-electron chi connectivity index (χ3n) is 5.12. The van der Waals surface area contributed by atoms with Gasteiger partial charge in [0.2, 0.25) is 0 Å². The number of nitrogens with zero attached hydrogens (tertiary/aromatic N) is 3. The Labute approximate surface area is 190 Å². The van der Waals surface area contributed by atoms with E-state index in [-0.39, 0.29) is 16.9 Å². The van der Waals surface area contributed by atoms with Crippen molar-refractivity contribution in [2.24, 2.45) is 0 Å². The van der Waals surface area contributed by atoms with E-state index in [4.69, 9.17) is 25.7 Å². The number of rotatable bonds is 9. The average molecular weight is 450 g/mol. The number of hydrogen-bond donors (Lipinski definition) is 4. The minimum Gasteiger partial charge on any atom is -0.490 e. The highest BCUT2D eigenvalue weighted by Crippen LogP contribution is 2.17. The largest absolute Gasteiger partial charge is 0.490 e. The molecule has 0 amide bonds. The molecule has 3 aromatic rings. The quantitative estimate of drug-likeness (QED) is 0.225. The van der Waals surface area contributed by atoms with Gasteiger partial charge < -0.3 is 24.8 Å². The van der Waals surface area contributed by atoms with Crippen LogP contribution in [0.3, 0.4) is 0 Å². The van der Waals surface area contributed by atoms with Crippen LogP contribution >= 0.6 is 0 Å². The van der Waals surface area contributed by atoms with Crippen molar-refractivity contribution < 1.29 is 9.47 Å². The molecule has 33 heavy (non-hydrogen) atoms. The van der Waals surface area contributed by atoms with Crippen molar-refractivity contribution in [3.05, 3.63) is 70.5 Å². The van der Waals surface area contributed by atoms with Crippen molar-refractivity contribution in [1.29, 1.82) is 16.2 Å². The van der Waals surface area contributed by atoms with Crippen LogP contribution in [-0.4, -0.2) is 53.5 Å². The summed E-state index contributed by atoms with van der Waals surface area (Å²) in [6.07, 6.45) is 7.63. The number of nitrogens with one attached hydrogen (secondary N) is 4. The van der Waals surface area contributed by atoms with Gasteiger partial charge in [0, 0.05) is 50.1 Å². The molecular formula is C23H27N7O3. The fraction of sp³-hybridized carbons (Fsp3) is 0.261. The first kappa shape index (κ1) is 23.6. The maximum absolute atomic E-state index is 13.2. The minimum atomic E-state index is -0.666. The lowest BCUT2D eigenvalue weighted by atomic mass is 10.1. The molecule has 0 bridgehead atoms. The van der Waals surface area contributed by atoms with Gasteiger partial charge in [0.1, 0.15) is 23.7 Å². The summed E-state index contributed by atoms with van der Waals surface area (Å²) in [7, 11) is 3.31. The fourth-order valence-electron chi connectivity index (χ4n) is 3.31. The summed E-state index contributed by atoms with van der Waals surface area (Å²) >= 11 is 0. The van der Waals surface area contributed by atoms with E-state index in [1.54, 1.807) is 70.1 Å². The number of methoxy groups -OCH3 is 1. The Balaban J connectivity index is 1.99. The number of hydrogen-bond acceptors (Lipinski definition) is 8. The Kier molecular flexibility index (Phi) is 7.52. The molecule has 0 fully saturated rings. The smallest absolute Gasteiger partial charge is 0.260 e. The summed E-state index contributed by atoms with van der Waals surface area (Å²) in [6, 6.07) is 5.95. The second-order valence-electron chi connectivity index (χ2n) is 7.24. The Morgan fingerprint density at radius 3 is 2.79 bits per heavy atom. The molecule has 0 aliphatic heterocycles. The molecule has 4 N–H and O–H groups in total. The predicted octanol–water partition coefficient (Wildman–Crippen LogP) is 2.00. The van der Waals surface area contributed by atoms with Crippen LogP contribution < -0.4 is 21.1 Å². The second kappa shape index (κ2) is 10.5. The van der Waals surface area contributed by atoms with Crippen LogP contribution in [-0.2, 0) is 4.74 Å². The van der Waals surface area contributed by atoms with Gasteiger partial charge in [-0.3, -0.25) is 25.2 Å². The first-order valence-corrected chi connectivity index (χ1v) is 10.3. The highest BCUT2D eigenvalue weighted by atomic mass is 16.5. The Hall–Kier alpha value is -4.05.